The van der Waals surface area contributed by atoms with Gasteiger partial charge < -0.3 is 4.74 Å². The molecule has 0 saturated carbocycles. The number of esters is 1. The summed E-state index contributed by atoms with van der Waals surface area (Å²) in [4.78, 5) is 13.9. The Bertz CT molecular complexity index is 916. The lowest BCUT2D eigenvalue weighted by Crippen LogP contribution is -2.46. The highest BCUT2D eigenvalue weighted by Crippen LogP contribution is 2.48. The molecule has 1 heterocycles. The van der Waals surface area contributed by atoms with Crippen molar-refractivity contribution in [3.05, 3.63) is 39.1 Å². The van der Waals surface area contributed by atoms with Crippen LogP contribution in [0.4, 0.5) is 0 Å². The van der Waals surface area contributed by atoms with E-state index < -0.39 is 34.8 Å². The predicted molar refractivity (Wildman–Crippen MR) is 152 cm³/mol. The summed E-state index contributed by atoms with van der Waals surface area (Å²) in [5.74, 6) is 0.111. The molecule has 2 rings (SSSR count). The fourth-order valence-electron chi connectivity index (χ4n) is 4.45. The Hall–Kier alpha value is -0.513. The highest BCUT2D eigenvalue weighted by molar-refractivity contribution is 14.1. The van der Waals surface area contributed by atoms with Crippen molar-refractivity contribution in [2.75, 3.05) is 13.1 Å². The average molecular weight is 604 g/mol. The molecule has 1 saturated heterocycles. The highest BCUT2D eigenvalue weighted by Gasteiger charge is 2.55. The second-order valence-electron chi connectivity index (χ2n) is 12.1. The molecule has 1 aliphatic rings. The minimum Gasteiger partial charge on any atom is -0.459 e. The summed E-state index contributed by atoms with van der Waals surface area (Å²) in [5, 5.41) is 1.33. The first-order valence-corrected chi connectivity index (χ1v) is 17.0. The van der Waals surface area contributed by atoms with E-state index in [4.69, 9.17) is 4.74 Å². The summed E-state index contributed by atoms with van der Waals surface area (Å²) in [5.41, 5.74) is -0.262. The first-order chi connectivity index (χ1) is 14.9. The van der Waals surface area contributed by atoms with Crippen molar-refractivity contribution in [2.24, 2.45) is 11.3 Å². The topological polar surface area (TPSA) is 46.6 Å². The number of rotatable bonds is 6. The molecule has 1 aliphatic heterocycles. The van der Waals surface area contributed by atoms with Gasteiger partial charge in [-0.25, -0.2) is 8.51 Å². The van der Waals surface area contributed by atoms with E-state index in [-0.39, 0.29) is 5.97 Å². The van der Waals surface area contributed by atoms with Gasteiger partial charge in [0.25, 0.3) is 0 Å². The van der Waals surface area contributed by atoms with Crippen LogP contribution in [0.2, 0.25) is 13.1 Å². The van der Waals surface area contributed by atoms with Crippen LogP contribution in [0.3, 0.4) is 0 Å². The standard InChI is InChI=1S/C26H42INO3SSi/c1-19(2)16-26(23(29)31-24(3,4)5)18-28(32(30)25(6,7)8)17-21(26)22(27)33(9,10)20-14-12-11-13-15-20/h11-15,19H,16-18H2,1-10H3/b22-21+/t26-,32+/m0/s1. The van der Waals surface area contributed by atoms with Crippen LogP contribution < -0.4 is 5.19 Å². The van der Waals surface area contributed by atoms with E-state index in [0.717, 1.165) is 5.57 Å². The van der Waals surface area contributed by atoms with Gasteiger partial charge in [-0.2, -0.15) is 0 Å². The maximum Gasteiger partial charge on any atom is 0.318 e. The van der Waals surface area contributed by atoms with Gasteiger partial charge in [0.15, 0.2) is 0 Å². The molecule has 1 aromatic rings. The van der Waals surface area contributed by atoms with Crippen molar-refractivity contribution in [2.45, 2.75) is 85.3 Å². The molecule has 0 spiro atoms. The van der Waals surface area contributed by atoms with Crippen LogP contribution >= 0.6 is 22.6 Å². The van der Waals surface area contributed by atoms with Crippen molar-refractivity contribution >= 4 is 52.8 Å². The molecule has 0 aliphatic carbocycles. The molecule has 0 amide bonds. The Morgan fingerprint density at radius 3 is 2.15 bits per heavy atom. The quantitative estimate of drug-likeness (QED) is 0.228. The lowest BCUT2D eigenvalue weighted by molar-refractivity contribution is -0.165. The SMILES string of the molecule is CC(C)C[C@]1(C(=O)OC(C)(C)C)CN([S@](=O)C(C)(C)C)C/C1=C(/I)[Si](C)(C)c1ccccc1. The van der Waals surface area contributed by atoms with Crippen LogP contribution in [0.25, 0.3) is 0 Å². The van der Waals surface area contributed by atoms with E-state index in [0.29, 0.717) is 25.4 Å². The van der Waals surface area contributed by atoms with Gasteiger partial charge in [-0.3, -0.25) is 4.79 Å². The van der Waals surface area contributed by atoms with Gasteiger partial charge in [0.05, 0.1) is 4.75 Å². The smallest absolute Gasteiger partial charge is 0.318 e. The summed E-state index contributed by atoms with van der Waals surface area (Å²) >= 11 is 2.49. The molecule has 0 bridgehead atoms. The van der Waals surface area contributed by atoms with Gasteiger partial charge in [0.2, 0.25) is 0 Å². The molecule has 0 N–H and O–H groups in total. The summed E-state index contributed by atoms with van der Waals surface area (Å²) < 4.78 is 22.4. The monoisotopic (exact) mass is 603 g/mol. The molecule has 4 nitrogen and oxygen atoms in total. The maximum atomic E-state index is 13.9. The number of carbonyl (C=O) groups is 1. The van der Waals surface area contributed by atoms with Crippen LogP contribution in [0.5, 0.6) is 0 Å². The van der Waals surface area contributed by atoms with Gasteiger partial charge in [-0.15, -0.1) is 0 Å². The fraction of sp³-hybridized carbons (Fsp3) is 0.654. The van der Waals surface area contributed by atoms with Crippen molar-refractivity contribution in [3.8, 4) is 0 Å². The van der Waals surface area contributed by atoms with Gasteiger partial charge in [-0.05, 0) is 62.7 Å². The molecular formula is C26H42INO3SSi. The van der Waals surface area contributed by atoms with Crippen LogP contribution in [0.15, 0.2) is 39.1 Å². The number of ether oxygens (including phenoxy) is 1. The van der Waals surface area contributed by atoms with E-state index in [2.05, 4.69) is 73.8 Å². The van der Waals surface area contributed by atoms with Crippen LogP contribution in [-0.2, 0) is 20.5 Å². The van der Waals surface area contributed by atoms with E-state index >= 15 is 0 Å². The third-order valence-electron chi connectivity index (χ3n) is 5.97. The van der Waals surface area contributed by atoms with Gasteiger partial charge >= 0.3 is 5.97 Å². The summed E-state index contributed by atoms with van der Waals surface area (Å²) in [7, 11) is -3.29. The largest absolute Gasteiger partial charge is 0.459 e. The zero-order valence-corrected chi connectivity index (χ0v) is 26.0. The van der Waals surface area contributed by atoms with Crippen LogP contribution in [-0.4, -0.2) is 46.0 Å². The number of benzene rings is 1. The number of nitrogens with zero attached hydrogens (tertiary/aromatic N) is 1. The molecule has 1 aromatic carbocycles. The molecular weight excluding hydrogens is 561 g/mol. The Morgan fingerprint density at radius 2 is 1.70 bits per heavy atom. The van der Waals surface area contributed by atoms with Gasteiger partial charge in [0, 0.05) is 13.1 Å². The molecule has 0 radical (unpaired) electrons. The molecule has 33 heavy (non-hydrogen) atoms. The molecule has 0 aromatic heterocycles. The highest BCUT2D eigenvalue weighted by atomic mass is 127. The number of hydrogen-bond acceptors (Lipinski definition) is 3. The lowest BCUT2D eigenvalue weighted by atomic mass is 9.76. The number of hydrogen-bond donors (Lipinski definition) is 0. The van der Waals surface area contributed by atoms with E-state index in [1.165, 1.54) is 8.39 Å². The fourth-order valence-corrected chi connectivity index (χ4v) is 9.79. The molecule has 186 valence electrons. The summed E-state index contributed by atoms with van der Waals surface area (Å²) in [6.07, 6.45) is 0.681. The second kappa shape index (κ2) is 10.2. The first kappa shape index (κ1) is 28.7. The molecule has 1 fully saturated rings. The normalized spacial score (nSPS) is 23.0. The van der Waals surface area contributed by atoms with E-state index in [1.807, 2.05) is 51.9 Å². The van der Waals surface area contributed by atoms with Crippen LogP contribution in [0, 0.1) is 11.3 Å². The lowest BCUT2D eigenvalue weighted by Gasteiger charge is -2.36. The van der Waals surface area contributed by atoms with Gasteiger partial charge in [0.1, 0.15) is 30.1 Å². The summed E-state index contributed by atoms with van der Waals surface area (Å²) in [6.45, 7) is 21.7. The molecule has 2 atom stereocenters. The van der Waals surface area contributed by atoms with Crippen molar-refractivity contribution in [1.82, 2.24) is 4.31 Å². The zero-order chi connectivity index (χ0) is 25.4. The zero-order valence-electron chi connectivity index (χ0n) is 22.0. The Balaban J connectivity index is 2.76. The number of carbonyl (C=O) groups excluding carboxylic acids is 1. The van der Waals surface area contributed by atoms with Crippen molar-refractivity contribution < 1.29 is 13.7 Å². The Kier molecular flexibility index (Phi) is 8.90. The van der Waals surface area contributed by atoms with Gasteiger partial charge in [-0.1, -0.05) is 85.1 Å². The molecule has 7 heteroatoms. The second-order valence-corrected chi connectivity index (χ2v) is 20.8. The average Bonchev–Trinajstić information content (AvgIpc) is 3.05. The third-order valence-corrected chi connectivity index (χ3v) is 15.6. The minimum absolute atomic E-state index is 0.181. The van der Waals surface area contributed by atoms with Crippen molar-refractivity contribution in [1.29, 1.82) is 0 Å². The first-order valence-electron chi connectivity index (χ1n) is 11.8. The molecule has 0 unspecified atom stereocenters. The van der Waals surface area contributed by atoms with Crippen molar-refractivity contribution in [3.63, 3.8) is 0 Å². The third kappa shape index (κ3) is 6.58. The van der Waals surface area contributed by atoms with Crippen LogP contribution in [0.1, 0.15) is 61.8 Å². The van der Waals surface area contributed by atoms with E-state index in [1.54, 1.807) is 0 Å². The van der Waals surface area contributed by atoms with E-state index in [9.17, 15) is 9.00 Å². The predicted octanol–water partition coefficient (Wildman–Crippen LogP) is 5.98. The summed E-state index contributed by atoms with van der Waals surface area (Å²) in [6, 6.07) is 10.6. The maximum absolute atomic E-state index is 13.9. The minimum atomic E-state index is -2.07. The Labute approximate surface area is 218 Å². The Morgan fingerprint density at radius 1 is 1.15 bits per heavy atom. The number of halogens is 1.